The minimum atomic E-state index is -0.662. The van der Waals surface area contributed by atoms with Gasteiger partial charge in [0.2, 0.25) is 0 Å². The van der Waals surface area contributed by atoms with Gasteiger partial charge < -0.3 is 15.4 Å². The molecule has 4 rings (SSSR count). The van der Waals surface area contributed by atoms with Crippen LogP contribution in [0.15, 0.2) is 79.3 Å². The van der Waals surface area contributed by atoms with Crippen LogP contribution in [0.1, 0.15) is 21.5 Å². The average Bonchev–Trinajstić information content (AvgIpc) is 2.79. The highest BCUT2D eigenvalue weighted by Gasteiger charge is 2.19. The number of rotatable bonds is 7. The number of nitrogens with two attached hydrogens (primary N) is 1. The van der Waals surface area contributed by atoms with Crippen molar-refractivity contribution in [2.45, 2.75) is 13.5 Å². The number of para-hydroxylation sites is 1. The summed E-state index contributed by atoms with van der Waals surface area (Å²) in [5, 5.41) is 0. The summed E-state index contributed by atoms with van der Waals surface area (Å²) in [5.41, 5.74) is 7.52. The fourth-order valence-electron chi connectivity index (χ4n) is 3.47. The molecule has 6 nitrogen and oxygen atoms in total. The summed E-state index contributed by atoms with van der Waals surface area (Å²) in [6.45, 7) is 1.96. The van der Waals surface area contributed by atoms with Gasteiger partial charge in [0.1, 0.15) is 29.0 Å². The van der Waals surface area contributed by atoms with Crippen LogP contribution in [0.5, 0.6) is 11.5 Å². The Bertz CT molecular complexity index is 1280. The van der Waals surface area contributed by atoms with Crippen molar-refractivity contribution in [3.63, 3.8) is 0 Å². The number of benzene rings is 2. The third-order valence-corrected chi connectivity index (χ3v) is 4.99. The molecule has 8 heteroatoms. The Kier molecular flexibility index (Phi) is 6.26. The highest BCUT2D eigenvalue weighted by atomic mass is 19.1. The topological polar surface area (TPSA) is 81.3 Å². The van der Waals surface area contributed by atoms with Crippen molar-refractivity contribution in [3.8, 4) is 11.5 Å². The molecule has 2 aromatic heterocycles. The molecule has 0 aliphatic heterocycles. The SMILES string of the molecule is Cc1c(Oc2ccccc2C(N)=O)ccnc1N(Cc1cc(F)cc(F)c1)c1ccncc1. The fourth-order valence-corrected chi connectivity index (χ4v) is 3.47. The highest BCUT2D eigenvalue weighted by molar-refractivity contribution is 5.95. The number of primary amides is 1. The third kappa shape index (κ3) is 4.95. The highest BCUT2D eigenvalue weighted by Crippen LogP contribution is 2.35. The molecule has 2 aromatic carbocycles. The van der Waals surface area contributed by atoms with Gasteiger partial charge >= 0.3 is 0 Å². The number of anilines is 2. The molecule has 0 radical (unpaired) electrons. The van der Waals surface area contributed by atoms with Crippen molar-refractivity contribution >= 4 is 17.4 Å². The molecule has 2 N–H and O–H groups in total. The Balaban J connectivity index is 1.76. The van der Waals surface area contributed by atoms with Gasteiger partial charge in [0.25, 0.3) is 5.91 Å². The van der Waals surface area contributed by atoms with Gasteiger partial charge in [-0.1, -0.05) is 12.1 Å². The molecule has 0 saturated carbocycles. The van der Waals surface area contributed by atoms with Gasteiger partial charge in [0.15, 0.2) is 0 Å². The molecule has 0 unspecified atom stereocenters. The molecular formula is C25H20F2N4O2. The predicted octanol–water partition coefficient (Wildman–Crippen LogP) is 5.29. The summed E-state index contributed by atoms with van der Waals surface area (Å²) < 4.78 is 33.7. The number of carbonyl (C=O) groups is 1. The minimum absolute atomic E-state index is 0.147. The molecule has 0 spiro atoms. The lowest BCUT2D eigenvalue weighted by Gasteiger charge is -2.26. The van der Waals surface area contributed by atoms with Crippen LogP contribution in [0.3, 0.4) is 0 Å². The molecule has 1 amide bonds. The van der Waals surface area contributed by atoms with Gasteiger partial charge in [-0.2, -0.15) is 0 Å². The summed E-state index contributed by atoms with van der Waals surface area (Å²) in [7, 11) is 0. The first-order valence-electron chi connectivity index (χ1n) is 10.1. The van der Waals surface area contributed by atoms with Gasteiger partial charge in [-0.15, -0.1) is 0 Å². The number of pyridine rings is 2. The molecule has 0 bridgehead atoms. The predicted molar refractivity (Wildman–Crippen MR) is 120 cm³/mol. The Labute approximate surface area is 189 Å². The molecular weight excluding hydrogens is 426 g/mol. The second-order valence-corrected chi connectivity index (χ2v) is 7.29. The van der Waals surface area contributed by atoms with Crippen molar-refractivity contribution in [1.82, 2.24) is 9.97 Å². The Hall–Kier alpha value is -4.33. The Morgan fingerprint density at radius 3 is 2.36 bits per heavy atom. The lowest BCUT2D eigenvalue weighted by molar-refractivity contribution is 0.0998. The average molecular weight is 446 g/mol. The molecule has 0 saturated heterocycles. The maximum Gasteiger partial charge on any atom is 0.252 e. The van der Waals surface area contributed by atoms with E-state index in [9.17, 15) is 13.6 Å². The first-order valence-corrected chi connectivity index (χ1v) is 10.1. The van der Waals surface area contributed by atoms with Gasteiger partial charge in [-0.25, -0.2) is 13.8 Å². The minimum Gasteiger partial charge on any atom is -0.456 e. The summed E-state index contributed by atoms with van der Waals surface area (Å²) in [5.74, 6) is -0.649. The number of carbonyl (C=O) groups excluding carboxylic acids is 1. The van der Waals surface area contributed by atoms with E-state index in [1.54, 1.807) is 66.0 Å². The summed E-state index contributed by atoms with van der Waals surface area (Å²) in [4.78, 5) is 22.1. The van der Waals surface area contributed by atoms with Gasteiger partial charge in [0.05, 0.1) is 5.56 Å². The maximum absolute atomic E-state index is 13.8. The smallest absolute Gasteiger partial charge is 0.252 e. The Morgan fingerprint density at radius 2 is 1.67 bits per heavy atom. The first-order chi connectivity index (χ1) is 15.9. The van der Waals surface area contributed by atoms with Gasteiger partial charge in [-0.3, -0.25) is 9.78 Å². The molecule has 33 heavy (non-hydrogen) atoms. The molecule has 4 aromatic rings. The third-order valence-electron chi connectivity index (χ3n) is 4.99. The molecule has 0 aliphatic rings. The van der Waals surface area contributed by atoms with E-state index in [0.717, 1.165) is 11.8 Å². The quantitative estimate of drug-likeness (QED) is 0.417. The van der Waals surface area contributed by atoms with Gasteiger partial charge in [-0.05, 0) is 55.0 Å². The standard InChI is InChI=1S/C25H20F2N4O2/c1-16-22(33-23-5-3-2-4-21(23)24(28)32)8-11-30-25(16)31(20-6-9-29-10-7-20)15-17-12-18(26)14-19(27)13-17/h2-14H,15H2,1H3,(H2,28,32). The van der Waals surface area contributed by atoms with Crippen molar-refractivity contribution in [2.24, 2.45) is 5.73 Å². The number of hydrogen-bond donors (Lipinski definition) is 1. The van der Waals surface area contributed by atoms with E-state index >= 15 is 0 Å². The van der Waals surface area contributed by atoms with Crippen molar-refractivity contribution in [2.75, 3.05) is 4.90 Å². The van der Waals surface area contributed by atoms with Crippen molar-refractivity contribution < 1.29 is 18.3 Å². The zero-order chi connectivity index (χ0) is 23.4. The summed E-state index contributed by atoms with van der Waals surface area (Å²) in [6, 6.07) is 15.2. The fraction of sp³-hybridized carbons (Fsp3) is 0.0800. The largest absolute Gasteiger partial charge is 0.456 e. The van der Waals surface area contributed by atoms with Crippen molar-refractivity contribution in [3.05, 3.63) is 108 Å². The zero-order valence-electron chi connectivity index (χ0n) is 17.7. The number of ether oxygens (including phenoxy) is 1. The van der Waals surface area contributed by atoms with E-state index in [2.05, 4.69) is 9.97 Å². The van der Waals surface area contributed by atoms with E-state index in [1.165, 1.54) is 12.1 Å². The molecule has 0 atom stereocenters. The number of hydrogen-bond acceptors (Lipinski definition) is 5. The maximum atomic E-state index is 13.8. The van der Waals surface area contributed by atoms with Crippen LogP contribution >= 0.6 is 0 Å². The number of amides is 1. The lowest BCUT2D eigenvalue weighted by Crippen LogP contribution is -2.19. The molecule has 2 heterocycles. The van der Waals surface area contributed by atoms with Crippen molar-refractivity contribution in [1.29, 1.82) is 0 Å². The van der Waals surface area contributed by atoms with Crippen LogP contribution in [-0.2, 0) is 6.54 Å². The van der Waals surface area contributed by atoms with Crippen LogP contribution in [0.2, 0.25) is 0 Å². The second-order valence-electron chi connectivity index (χ2n) is 7.29. The van der Waals surface area contributed by atoms with E-state index < -0.39 is 17.5 Å². The van der Waals surface area contributed by atoms with Crippen LogP contribution in [0, 0.1) is 18.6 Å². The van der Waals surface area contributed by atoms with Crippen LogP contribution in [-0.4, -0.2) is 15.9 Å². The second kappa shape index (κ2) is 9.44. The normalized spacial score (nSPS) is 10.6. The zero-order valence-corrected chi connectivity index (χ0v) is 17.7. The number of halogens is 2. The monoisotopic (exact) mass is 446 g/mol. The van der Waals surface area contributed by atoms with Crippen LogP contribution in [0.25, 0.3) is 0 Å². The van der Waals surface area contributed by atoms with E-state index in [4.69, 9.17) is 10.5 Å². The Morgan fingerprint density at radius 1 is 0.970 bits per heavy atom. The molecule has 0 aliphatic carbocycles. The summed E-state index contributed by atoms with van der Waals surface area (Å²) >= 11 is 0. The summed E-state index contributed by atoms with van der Waals surface area (Å²) in [6.07, 6.45) is 4.80. The van der Waals surface area contributed by atoms with Crippen LogP contribution in [0.4, 0.5) is 20.3 Å². The first kappa shape index (κ1) is 21.9. The van der Waals surface area contributed by atoms with Crippen LogP contribution < -0.4 is 15.4 Å². The number of aromatic nitrogens is 2. The van der Waals surface area contributed by atoms with E-state index in [0.29, 0.717) is 28.4 Å². The van der Waals surface area contributed by atoms with E-state index in [-0.39, 0.29) is 12.1 Å². The van der Waals surface area contributed by atoms with Gasteiger partial charge in [0, 0.05) is 42.5 Å². The molecule has 166 valence electrons. The molecule has 0 fully saturated rings. The van der Waals surface area contributed by atoms with E-state index in [1.807, 2.05) is 6.92 Å². The lowest BCUT2D eigenvalue weighted by atomic mass is 10.1. The number of nitrogens with zero attached hydrogens (tertiary/aromatic N) is 3.